The van der Waals surface area contributed by atoms with E-state index >= 15 is 0 Å². The van der Waals surface area contributed by atoms with Crippen LogP contribution in [0.15, 0.2) is 24.3 Å². The van der Waals surface area contributed by atoms with Gasteiger partial charge in [-0.15, -0.1) is 11.6 Å². The van der Waals surface area contributed by atoms with Crippen molar-refractivity contribution in [2.45, 2.75) is 20.3 Å². The molecule has 0 fully saturated rings. The molecule has 0 aliphatic heterocycles. The molecule has 0 saturated heterocycles. The average Bonchev–Trinajstić information content (AvgIpc) is 2.79. The standard InChI is InChI=1S/C15H17ClN4O2/c1-9-14(10(2)20-19-9)18-15(22)11-4-3-5-12(8-11)17-13(21)6-7-16/h3-5,8H,6-7H2,1-2H3,(H,17,21)(H,18,22)(H,19,20). The molecule has 0 bridgehead atoms. The van der Waals surface area contributed by atoms with Gasteiger partial charge in [-0.05, 0) is 32.0 Å². The van der Waals surface area contributed by atoms with E-state index in [4.69, 9.17) is 11.6 Å². The number of nitrogens with one attached hydrogen (secondary N) is 3. The Kier molecular flexibility index (Phi) is 5.16. The Labute approximate surface area is 133 Å². The molecule has 1 aromatic carbocycles. The van der Waals surface area contributed by atoms with Crippen molar-refractivity contribution in [3.05, 3.63) is 41.2 Å². The summed E-state index contributed by atoms with van der Waals surface area (Å²) in [5.41, 5.74) is 3.18. The number of aromatic nitrogens is 2. The van der Waals surface area contributed by atoms with Gasteiger partial charge in [-0.1, -0.05) is 6.07 Å². The number of amides is 2. The molecule has 0 spiro atoms. The highest BCUT2D eigenvalue weighted by Crippen LogP contribution is 2.18. The van der Waals surface area contributed by atoms with Gasteiger partial charge in [0.15, 0.2) is 0 Å². The van der Waals surface area contributed by atoms with Crippen LogP contribution in [0, 0.1) is 13.8 Å². The van der Waals surface area contributed by atoms with Crippen molar-refractivity contribution in [1.82, 2.24) is 10.2 Å². The van der Waals surface area contributed by atoms with E-state index in [9.17, 15) is 9.59 Å². The topological polar surface area (TPSA) is 86.9 Å². The average molecular weight is 321 g/mol. The summed E-state index contributed by atoms with van der Waals surface area (Å²) < 4.78 is 0. The Morgan fingerprint density at radius 1 is 1.27 bits per heavy atom. The van der Waals surface area contributed by atoms with Crippen LogP contribution >= 0.6 is 11.6 Å². The van der Waals surface area contributed by atoms with Crippen molar-refractivity contribution >= 4 is 34.8 Å². The minimum Gasteiger partial charge on any atom is -0.326 e. The van der Waals surface area contributed by atoms with Gasteiger partial charge in [-0.3, -0.25) is 14.7 Å². The molecule has 3 N–H and O–H groups in total. The third kappa shape index (κ3) is 3.85. The monoisotopic (exact) mass is 320 g/mol. The van der Waals surface area contributed by atoms with Crippen molar-refractivity contribution in [2.75, 3.05) is 16.5 Å². The largest absolute Gasteiger partial charge is 0.326 e. The van der Waals surface area contributed by atoms with E-state index < -0.39 is 0 Å². The van der Waals surface area contributed by atoms with Crippen molar-refractivity contribution < 1.29 is 9.59 Å². The number of carbonyl (C=O) groups is 2. The number of rotatable bonds is 5. The number of nitrogens with zero attached hydrogens (tertiary/aromatic N) is 1. The van der Waals surface area contributed by atoms with E-state index in [-0.39, 0.29) is 24.1 Å². The van der Waals surface area contributed by atoms with Gasteiger partial charge in [-0.2, -0.15) is 5.10 Å². The molecule has 22 heavy (non-hydrogen) atoms. The number of H-pyrrole nitrogens is 1. The van der Waals surface area contributed by atoms with Crippen LogP contribution in [0.2, 0.25) is 0 Å². The number of hydrogen-bond donors (Lipinski definition) is 3. The molecule has 0 unspecified atom stereocenters. The zero-order valence-corrected chi connectivity index (χ0v) is 13.1. The lowest BCUT2D eigenvalue weighted by Gasteiger charge is -2.08. The molecular formula is C15H17ClN4O2. The Morgan fingerprint density at radius 2 is 2.05 bits per heavy atom. The summed E-state index contributed by atoms with van der Waals surface area (Å²) in [4.78, 5) is 23.8. The Hall–Kier alpha value is -2.34. The number of carbonyl (C=O) groups excluding carboxylic acids is 2. The van der Waals surface area contributed by atoms with Crippen LogP contribution in [0.4, 0.5) is 11.4 Å². The predicted molar refractivity (Wildman–Crippen MR) is 86.4 cm³/mol. The molecule has 0 atom stereocenters. The molecule has 2 amide bonds. The van der Waals surface area contributed by atoms with Crippen molar-refractivity contribution in [1.29, 1.82) is 0 Å². The molecule has 2 aromatic rings. The quantitative estimate of drug-likeness (QED) is 0.740. The fourth-order valence-electron chi connectivity index (χ4n) is 1.97. The SMILES string of the molecule is Cc1n[nH]c(C)c1NC(=O)c1cccc(NC(=O)CCCl)c1. The summed E-state index contributed by atoms with van der Waals surface area (Å²) >= 11 is 5.52. The Balaban J connectivity index is 2.12. The first-order chi connectivity index (χ1) is 10.5. The lowest BCUT2D eigenvalue weighted by atomic mass is 10.1. The normalized spacial score (nSPS) is 10.3. The van der Waals surface area contributed by atoms with Gasteiger partial charge in [0.2, 0.25) is 5.91 Å². The van der Waals surface area contributed by atoms with E-state index in [1.165, 1.54) is 0 Å². The molecule has 116 valence electrons. The molecular weight excluding hydrogens is 304 g/mol. The van der Waals surface area contributed by atoms with Gasteiger partial charge >= 0.3 is 0 Å². The van der Waals surface area contributed by atoms with Crippen LogP contribution in [0.3, 0.4) is 0 Å². The first-order valence-electron chi connectivity index (χ1n) is 6.80. The van der Waals surface area contributed by atoms with Crippen LogP contribution in [0.1, 0.15) is 28.2 Å². The van der Waals surface area contributed by atoms with E-state index in [1.807, 2.05) is 13.8 Å². The number of aromatic amines is 1. The van der Waals surface area contributed by atoms with E-state index in [2.05, 4.69) is 20.8 Å². The summed E-state index contributed by atoms with van der Waals surface area (Å²) in [5, 5.41) is 12.4. The van der Waals surface area contributed by atoms with Gasteiger partial charge in [0, 0.05) is 23.6 Å². The highest BCUT2D eigenvalue weighted by Gasteiger charge is 2.12. The zero-order chi connectivity index (χ0) is 16.1. The van der Waals surface area contributed by atoms with Crippen LogP contribution in [0.5, 0.6) is 0 Å². The highest BCUT2D eigenvalue weighted by atomic mass is 35.5. The fraction of sp³-hybridized carbons (Fsp3) is 0.267. The van der Waals surface area contributed by atoms with Gasteiger partial charge in [0.25, 0.3) is 5.91 Å². The Morgan fingerprint density at radius 3 is 2.68 bits per heavy atom. The third-order valence-corrected chi connectivity index (χ3v) is 3.29. The van der Waals surface area contributed by atoms with Crippen LogP contribution in [-0.2, 0) is 4.79 Å². The molecule has 0 aliphatic rings. The second kappa shape index (κ2) is 7.09. The molecule has 0 saturated carbocycles. The van der Waals surface area contributed by atoms with Crippen molar-refractivity contribution in [3.63, 3.8) is 0 Å². The number of benzene rings is 1. The number of alkyl halides is 1. The summed E-state index contributed by atoms with van der Waals surface area (Å²) in [6.45, 7) is 3.64. The third-order valence-electron chi connectivity index (χ3n) is 3.10. The molecule has 0 radical (unpaired) electrons. The first kappa shape index (κ1) is 16.0. The maximum absolute atomic E-state index is 12.3. The van der Waals surface area contributed by atoms with Gasteiger partial charge in [0.05, 0.1) is 17.1 Å². The molecule has 0 aliphatic carbocycles. The molecule has 2 rings (SSSR count). The van der Waals surface area contributed by atoms with Crippen molar-refractivity contribution in [3.8, 4) is 0 Å². The minimum atomic E-state index is -0.263. The maximum Gasteiger partial charge on any atom is 0.255 e. The molecule has 1 aromatic heterocycles. The van der Waals surface area contributed by atoms with E-state index in [1.54, 1.807) is 24.3 Å². The van der Waals surface area contributed by atoms with Crippen molar-refractivity contribution in [2.24, 2.45) is 0 Å². The van der Waals surface area contributed by atoms with Crippen LogP contribution < -0.4 is 10.6 Å². The second-order valence-corrected chi connectivity index (χ2v) is 5.21. The predicted octanol–water partition coefficient (Wildman–Crippen LogP) is 2.85. The molecule has 1 heterocycles. The maximum atomic E-state index is 12.3. The van der Waals surface area contributed by atoms with Gasteiger partial charge in [-0.25, -0.2) is 0 Å². The van der Waals surface area contributed by atoms with Crippen LogP contribution in [0.25, 0.3) is 0 Å². The summed E-state index contributed by atoms with van der Waals surface area (Å²) in [6.07, 6.45) is 0.228. The van der Waals surface area contributed by atoms with Gasteiger partial charge in [0.1, 0.15) is 0 Å². The second-order valence-electron chi connectivity index (χ2n) is 4.83. The fourth-order valence-corrected chi connectivity index (χ4v) is 2.14. The zero-order valence-electron chi connectivity index (χ0n) is 12.4. The summed E-state index contributed by atoms with van der Waals surface area (Å²) in [6, 6.07) is 6.72. The smallest absolute Gasteiger partial charge is 0.255 e. The lowest BCUT2D eigenvalue weighted by molar-refractivity contribution is -0.115. The Bertz CT molecular complexity index is 677. The number of halogens is 1. The lowest BCUT2D eigenvalue weighted by Crippen LogP contribution is -2.15. The summed E-state index contributed by atoms with van der Waals surface area (Å²) in [5.74, 6) is -0.194. The molecule has 6 nitrogen and oxygen atoms in total. The van der Waals surface area contributed by atoms with Gasteiger partial charge < -0.3 is 10.6 Å². The first-order valence-corrected chi connectivity index (χ1v) is 7.33. The van der Waals surface area contributed by atoms with E-state index in [0.29, 0.717) is 16.9 Å². The number of anilines is 2. The minimum absolute atomic E-state index is 0.186. The number of hydrogen-bond acceptors (Lipinski definition) is 3. The number of aryl methyl sites for hydroxylation is 2. The summed E-state index contributed by atoms with van der Waals surface area (Å²) in [7, 11) is 0. The highest BCUT2D eigenvalue weighted by molar-refractivity contribution is 6.19. The van der Waals surface area contributed by atoms with Crippen LogP contribution in [-0.4, -0.2) is 27.9 Å². The molecule has 7 heteroatoms. The van der Waals surface area contributed by atoms with E-state index in [0.717, 1.165) is 11.4 Å².